The third-order valence-electron chi connectivity index (χ3n) is 6.24. The summed E-state index contributed by atoms with van der Waals surface area (Å²) in [5.74, 6) is 0.395. The third kappa shape index (κ3) is 5.13. The van der Waals surface area contributed by atoms with Gasteiger partial charge in [0, 0.05) is 25.2 Å². The van der Waals surface area contributed by atoms with Crippen LogP contribution in [-0.4, -0.2) is 49.6 Å². The van der Waals surface area contributed by atoms with E-state index < -0.39 is 0 Å². The van der Waals surface area contributed by atoms with Crippen molar-refractivity contribution in [2.45, 2.75) is 46.0 Å². The molecule has 0 unspecified atom stereocenters. The maximum atomic E-state index is 13.9. The molecule has 2 aliphatic rings. The van der Waals surface area contributed by atoms with E-state index in [1.54, 1.807) is 23.1 Å². The molecule has 0 N–H and O–H groups in total. The molecule has 0 radical (unpaired) electrons. The van der Waals surface area contributed by atoms with Crippen LogP contribution in [0.5, 0.6) is 11.5 Å². The lowest BCUT2D eigenvalue weighted by molar-refractivity contribution is -0.134. The molecule has 6 nitrogen and oxygen atoms in total. The molecule has 0 saturated carbocycles. The molecule has 2 aromatic carbocycles. The fourth-order valence-corrected chi connectivity index (χ4v) is 4.68. The van der Waals surface area contributed by atoms with E-state index in [9.17, 15) is 14.0 Å². The highest BCUT2D eigenvalue weighted by atomic mass is 19.1. The van der Waals surface area contributed by atoms with Crippen LogP contribution in [0.25, 0.3) is 0 Å². The molecule has 2 heterocycles. The van der Waals surface area contributed by atoms with Gasteiger partial charge in [-0.3, -0.25) is 9.59 Å². The smallest absolute Gasteiger partial charge is 0.260 e. The van der Waals surface area contributed by atoms with Crippen LogP contribution in [0.1, 0.15) is 54.1 Å². The van der Waals surface area contributed by atoms with Gasteiger partial charge in [-0.15, -0.1) is 0 Å². The summed E-state index contributed by atoms with van der Waals surface area (Å²) in [6.45, 7) is 6.15. The maximum Gasteiger partial charge on any atom is 0.260 e. The number of aryl methyl sites for hydroxylation is 2. The number of fused-ring (bicyclic) bond motifs is 1. The molecular weight excluding hydrogens is 423 g/mol. The van der Waals surface area contributed by atoms with Gasteiger partial charge in [0.05, 0.1) is 12.3 Å². The Labute approximate surface area is 194 Å². The van der Waals surface area contributed by atoms with Gasteiger partial charge >= 0.3 is 0 Å². The Morgan fingerprint density at radius 3 is 2.52 bits per heavy atom. The molecule has 33 heavy (non-hydrogen) atoms. The largest absolute Gasteiger partial charge is 0.490 e. The van der Waals surface area contributed by atoms with E-state index in [2.05, 4.69) is 0 Å². The van der Waals surface area contributed by atoms with Crippen LogP contribution >= 0.6 is 0 Å². The number of amides is 2. The summed E-state index contributed by atoms with van der Waals surface area (Å²) in [4.78, 5) is 29.4. The monoisotopic (exact) mass is 454 g/mol. The summed E-state index contributed by atoms with van der Waals surface area (Å²) < 4.78 is 25.4. The number of hydrogen-bond acceptors (Lipinski definition) is 4. The van der Waals surface area contributed by atoms with Gasteiger partial charge in [-0.25, -0.2) is 4.39 Å². The van der Waals surface area contributed by atoms with Crippen molar-refractivity contribution in [2.75, 3.05) is 37.7 Å². The number of ether oxygens (including phenoxy) is 2. The number of carbonyl (C=O) groups is 2. The van der Waals surface area contributed by atoms with Crippen LogP contribution in [0.15, 0.2) is 30.3 Å². The molecule has 0 atom stereocenters. The number of hydrogen-bond donors (Lipinski definition) is 0. The molecule has 4 rings (SSSR count). The zero-order valence-corrected chi connectivity index (χ0v) is 19.4. The summed E-state index contributed by atoms with van der Waals surface area (Å²) in [6, 6.07) is 8.03. The Morgan fingerprint density at radius 1 is 0.970 bits per heavy atom. The highest BCUT2D eigenvalue weighted by Gasteiger charge is 2.27. The third-order valence-corrected chi connectivity index (χ3v) is 6.24. The first-order valence-electron chi connectivity index (χ1n) is 11.8. The van der Waals surface area contributed by atoms with Gasteiger partial charge in [-0.05, 0) is 87.4 Å². The summed E-state index contributed by atoms with van der Waals surface area (Å²) in [5, 5.41) is 0. The number of benzene rings is 2. The molecule has 2 aliphatic heterocycles. The van der Waals surface area contributed by atoms with Gasteiger partial charge < -0.3 is 19.3 Å². The van der Waals surface area contributed by atoms with Gasteiger partial charge in [0.1, 0.15) is 5.82 Å². The average molecular weight is 455 g/mol. The van der Waals surface area contributed by atoms with Crippen molar-refractivity contribution in [2.24, 2.45) is 0 Å². The van der Waals surface area contributed by atoms with Gasteiger partial charge in [-0.2, -0.15) is 0 Å². The summed E-state index contributed by atoms with van der Waals surface area (Å²) in [6.07, 6.45) is 4.74. The molecule has 1 fully saturated rings. The SMILES string of the molecule is CCOc1cc(C(=O)N2CCCc3cc(F)cc(C)c32)ccc1OCC(=O)N1CCCCC1. The average Bonchev–Trinajstić information content (AvgIpc) is 2.82. The van der Waals surface area contributed by atoms with Crippen LogP contribution in [0.2, 0.25) is 0 Å². The molecule has 2 amide bonds. The van der Waals surface area contributed by atoms with Crippen LogP contribution in [0.4, 0.5) is 10.1 Å². The molecular formula is C26H31FN2O4. The van der Waals surface area contributed by atoms with Crippen LogP contribution in [-0.2, 0) is 11.2 Å². The second-order valence-electron chi connectivity index (χ2n) is 8.62. The number of anilines is 1. The van der Waals surface area contributed by atoms with Crippen LogP contribution < -0.4 is 14.4 Å². The number of carbonyl (C=O) groups excluding carboxylic acids is 2. The predicted octanol–water partition coefficient (Wildman–Crippen LogP) is 4.52. The standard InChI is InChI=1S/C26H31FN2O4/c1-3-32-23-16-20(9-10-22(23)33-17-24(30)28-11-5-4-6-12-28)26(31)29-13-7-8-19-15-21(27)14-18(2)25(19)29/h9-10,14-16H,3-8,11-13,17H2,1-2H3. The maximum absolute atomic E-state index is 13.9. The molecule has 1 saturated heterocycles. The van der Waals surface area contributed by atoms with Crippen molar-refractivity contribution >= 4 is 17.5 Å². The van der Waals surface area contributed by atoms with Crippen molar-refractivity contribution in [1.82, 2.24) is 4.90 Å². The Bertz CT molecular complexity index is 1030. The molecule has 2 aromatic rings. The number of likely N-dealkylation sites (tertiary alicyclic amines) is 1. The van der Waals surface area contributed by atoms with E-state index in [1.165, 1.54) is 12.1 Å². The Hall–Kier alpha value is -3.09. The fraction of sp³-hybridized carbons (Fsp3) is 0.462. The minimum Gasteiger partial charge on any atom is -0.490 e. The van der Waals surface area contributed by atoms with Gasteiger partial charge in [0.25, 0.3) is 11.8 Å². The van der Waals surface area contributed by atoms with E-state index in [0.29, 0.717) is 30.2 Å². The van der Waals surface area contributed by atoms with Crippen molar-refractivity contribution in [3.05, 3.63) is 52.8 Å². The first-order valence-corrected chi connectivity index (χ1v) is 11.8. The van der Waals surface area contributed by atoms with E-state index in [1.807, 2.05) is 18.7 Å². The fourth-order valence-electron chi connectivity index (χ4n) is 4.68. The van der Waals surface area contributed by atoms with Gasteiger partial charge in [0.2, 0.25) is 0 Å². The summed E-state index contributed by atoms with van der Waals surface area (Å²) in [7, 11) is 0. The lowest BCUT2D eigenvalue weighted by Gasteiger charge is -2.31. The molecule has 0 bridgehead atoms. The molecule has 0 aliphatic carbocycles. The highest BCUT2D eigenvalue weighted by molar-refractivity contribution is 6.07. The van der Waals surface area contributed by atoms with Crippen molar-refractivity contribution < 1.29 is 23.5 Å². The molecule has 0 aromatic heterocycles. The zero-order chi connectivity index (χ0) is 23.4. The second-order valence-corrected chi connectivity index (χ2v) is 8.62. The number of rotatable bonds is 6. The highest BCUT2D eigenvalue weighted by Crippen LogP contribution is 2.34. The van der Waals surface area contributed by atoms with E-state index in [0.717, 1.165) is 62.0 Å². The number of piperidine rings is 1. The second kappa shape index (κ2) is 10.2. The van der Waals surface area contributed by atoms with E-state index in [4.69, 9.17) is 9.47 Å². The lowest BCUT2D eigenvalue weighted by atomic mass is 9.97. The topological polar surface area (TPSA) is 59.1 Å². The van der Waals surface area contributed by atoms with Crippen molar-refractivity contribution in [3.63, 3.8) is 0 Å². The number of halogens is 1. The normalized spacial score (nSPS) is 15.7. The van der Waals surface area contributed by atoms with Crippen molar-refractivity contribution in [1.29, 1.82) is 0 Å². The first-order chi connectivity index (χ1) is 16.0. The van der Waals surface area contributed by atoms with Crippen molar-refractivity contribution in [3.8, 4) is 11.5 Å². The Kier molecular flexibility index (Phi) is 7.16. The number of nitrogens with zero attached hydrogens (tertiary/aromatic N) is 2. The zero-order valence-electron chi connectivity index (χ0n) is 19.4. The van der Waals surface area contributed by atoms with Gasteiger partial charge in [0.15, 0.2) is 18.1 Å². The minimum atomic E-state index is -0.278. The summed E-state index contributed by atoms with van der Waals surface area (Å²) in [5.41, 5.74) is 2.86. The van der Waals surface area contributed by atoms with E-state index >= 15 is 0 Å². The first kappa shape index (κ1) is 23.1. The van der Waals surface area contributed by atoms with E-state index in [-0.39, 0.29) is 24.2 Å². The Balaban J connectivity index is 1.53. The molecule has 0 spiro atoms. The molecule has 176 valence electrons. The quantitative estimate of drug-likeness (QED) is 0.644. The predicted molar refractivity (Wildman–Crippen MR) is 125 cm³/mol. The minimum absolute atomic E-state index is 0.0371. The lowest BCUT2D eigenvalue weighted by Crippen LogP contribution is -2.38. The summed E-state index contributed by atoms with van der Waals surface area (Å²) >= 11 is 0. The van der Waals surface area contributed by atoms with Gasteiger partial charge in [-0.1, -0.05) is 0 Å². The van der Waals surface area contributed by atoms with Crippen LogP contribution in [0, 0.1) is 12.7 Å². The van der Waals surface area contributed by atoms with Crippen LogP contribution in [0.3, 0.4) is 0 Å². The Morgan fingerprint density at radius 2 is 1.76 bits per heavy atom. The molecule has 7 heteroatoms.